The number of carbonyl (C=O) groups is 1. The normalized spacial score (nSPS) is 19.9. The van der Waals surface area contributed by atoms with Crippen molar-refractivity contribution in [2.45, 2.75) is 11.3 Å². The van der Waals surface area contributed by atoms with E-state index in [0.29, 0.717) is 19.6 Å². The van der Waals surface area contributed by atoms with Crippen LogP contribution in [0.2, 0.25) is 5.02 Å². The maximum Gasteiger partial charge on any atom is 0.252 e. The Labute approximate surface area is 182 Å². The molecule has 1 aromatic rings. The van der Waals surface area contributed by atoms with Gasteiger partial charge >= 0.3 is 0 Å². The summed E-state index contributed by atoms with van der Waals surface area (Å²) in [7, 11) is -1.48. The lowest BCUT2D eigenvalue weighted by Crippen LogP contribution is -2.45. The zero-order valence-corrected chi connectivity index (χ0v) is 19.2. The van der Waals surface area contributed by atoms with E-state index < -0.39 is 10.0 Å². The minimum atomic E-state index is -3.61. The number of nitrogens with one attached hydrogen (secondary N) is 1. The maximum absolute atomic E-state index is 12.9. The van der Waals surface area contributed by atoms with E-state index >= 15 is 0 Å². The Bertz CT molecular complexity index is 808. The Hall–Kier alpha value is -0.840. The van der Waals surface area contributed by atoms with E-state index in [1.165, 1.54) is 22.5 Å². The second kappa shape index (κ2) is 10.5. The molecule has 2 aliphatic rings. The highest BCUT2D eigenvalue weighted by Gasteiger charge is 2.27. The molecular weight excluding hydrogens is 432 g/mol. The number of thioether (sulfide) groups is 1. The number of halogens is 1. The standard InChI is InChI=1S/C19H29ClN4O3S2/c1-22-7-9-23(10-8-22)6-2-5-21-19(25)17-15-16(3-4-18(17)20)29(26,27)24-11-13-28-14-12-24/h3-4,15H,2,5-14H2,1H3,(H,21,25). The summed E-state index contributed by atoms with van der Waals surface area (Å²) in [5, 5.41) is 3.13. The van der Waals surface area contributed by atoms with E-state index in [0.717, 1.165) is 50.7 Å². The van der Waals surface area contributed by atoms with E-state index in [1.807, 2.05) is 0 Å². The first-order valence-corrected chi connectivity index (χ1v) is 12.9. The van der Waals surface area contributed by atoms with Crippen LogP contribution in [-0.4, -0.2) is 99.3 Å². The lowest BCUT2D eigenvalue weighted by Gasteiger charge is -2.32. The third-order valence-electron chi connectivity index (χ3n) is 5.32. The summed E-state index contributed by atoms with van der Waals surface area (Å²) in [6.07, 6.45) is 0.844. The van der Waals surface area contributed by atoms with Crippen LogP contribution in [0, 0.1) is 0 Å². The van der Waals surface area contributed by atoms with Crippen molar-refractivity contribution < 1.29 is 13.2 Å². The second-order valence-electron chi connectivity index (χ2n) is 7.41. The zero-order valence-electron chi connectivity index (χ0n) is 16.8. The predicted molar refractivity (Wildman–Crippen MR) is 118 cm³/mol. The van der Waals surface area contributed by atoms with Crippen molar-refractivity contribution in [2.75, 3.05) is 70.9 Å². The Morgan fingerprint density at radius 3 is 2.52 bits per heavy atom. The van der Waals surface area contributed by atoms with Crippen LogP contribution in [0.5, 0.6) is 0 Å². The van der Waals surface area contributed by atoms with E-state index in [2.05, 4.69) is 22.2 Å². The number of sulfonamides is 1. The Morgan fingerprint density at radius 1 is 1.14 bits per heavy atom. The molecule has 0 radical (unpaired) electrons. The van der Waals surface area contributed by atoms with Gasteiger partial charge in [-0.15, -0.1) is 0 Å². The lowest BCUT2D eigenvalue weighted by molar-refractivity contribution is 0.0949. The highest BCUT2D eigenvalue weighted by atomic mass is 35.5. The second-order valence-corrected chi connectivity index (χ2v) is 11.0. The van der Waals surface area contributed by atoms with Gasteiger partial charge in [0.25, 0.3) is 5.91 Å². The lowest BCUT2D eigenvalue weighted by atomic mass is 10.2. The van der Waals surface area contributed by atoms with Gasteiger partial charge in [-0.25, -0.2) is 8.42 Å². The van der Waals surface area contributed by atoms with E-state index in [9.17, 15) is 13.2 Å². The van der Waals surface area contributed by atoms with Crippen LogP contribution < -0.4 is 5.32 Å². The minimum Gasteiger partial charge on any atom is -0.352 e. The van der Waals surface area contributed by atoms with Gasteiger partial charge in [-0.05, 0) is 38.2 Å². The molecule has 0 unspecified atom stereocenters. The number of likely N-dealkylation sites (N-methyl/N-ethyl adjacent to an activating group) is 1. The van der Waals surface area contributed by atoms with Crippen LogP contribution in [0.25, 0.3) is 0 Å². The fraction of sp³-hybridized carbons (Fsp3) is 0.632. The van der Waals surface area contributed by atoms with Crippen molar-refractivity contribution in [3.8, 4) is 0 Å². The van der Waals surface area contributed by atoms with Crippen molar-refractivity contribution in [1.82, 2.24) is 19.4 Å². The maximum atomic E-state index is 12.9. The SMILES string of the molecule is CN1CCN(CCCNC(=O)c2cc(S(=O)(=O)N3CCSCC3)ccc2Cl)CC1. The molecule has 0 saturated carbocycles. The summed E-state index contributed by atoms with van der Waals surface area (Å²) in [6, 6.07) is 4.37. The van der Waals surface area contributed by atoms with Crippen molar-refractivity contribution in [1.29, 1.82) is 0 Å². The molecular formula is C19H29ClN4O3S2. The fourth-order valence-corrected chi connectivity index (χ4v) is 6.25. The average Bonchev–Trinajstić information content (AvgIpc) is 2.73. The largest absolute Gasteiger partial charge is 0.352 e. The van der Waals surface area contributed by atoms with Gasteiger partial charge < -0.3 is 15.1 Å². The first-order valence-electron chi connectivity index (χ1n) is 9.94. The van der Waals surface area contributed by atoms with Crippen molar-refractivity contribution in [3.05, 3.63) is 28.8 Å². The molecule has 29 heavy (non-hydrogen) atoms. The molecule has 0 spiro atoms. The Morgan fingerprint density at radius 2 is 1.83 bits per heavy atom. The first kappa shape index (κ1) is 22.8. The van der Waals surface area contributed by atoms with Crippen LogP contribution >= 0.6 is 23.4 Å². The van der Waals surface area contributed by atoms with Gasteiger partial charge in [0.1, 0.15) is 0 Å². The molecule has 1 amide bonds. The van der Waals surface area contributed by atoms with Gasteiger partial charge in [0, 0.05) is 57.3 Å². The van der Waals surface area contributed by atoms with Crippen LogP contribution in [0.1, 0.15) is 16.8 Å². The third-order valence-corrected chi connectivity index (χ3v) is 8.49. The minimum absolute atomic E-state index is 0.122. The molecule has 3 rings (SSSR count). The topological polar surface area (TPSA) is 73.0 Å². The smallest absolute Gasteiger partial charge is 0.252 e. The third kappa shape index (κ3) is 6.08. The molecule has 2 heterocycles. The highest BCUT2D eigenvalue weighted by molar-refractivity contribution is 7.99. The van der Waals surface area contributed by atoms with Gasteiger partial charge in [-0.1, -0.05) is 11.6 Å². The first-order chi connectivity index (χ1) is 13.9. The van der Waals surface area contributed by atoms with Crippen LogP contribution in [-0.2, 0) is 10.0 Å². The Balaban J connectivity index is 1.56. The number of nitrogens with zero attached hydrogens (tertiary/aromatic N) is 3. The van der Waals surface area contributed by atoms with Gasteiger partial charge in [0.2, 0.25) is 10.0 Å². The van der Waals surface area contributed by atoms with Gasteiger partial charge in [0.15, 0.2) is 0 Å². The quantitative estimate of drug-likeness (QED) is 0.621. The number of rotatable bonds is 7. The fourth-order valence-electron chi connectivity index (χ4n) is 3.45. The number of hydrogen-bond donors (Lipinski definition) is 1. The molecule has 1 aromatic carbocycles. The molecule has 10 heteroatoms. The highest BCUT2D eigenvalue weighted by Crippen LogP contribution is 2.24. The number of amides is 1. The molecule has 0 aliphatic carbocycles. The van der Waals surface area contributed by atoms with Gasteiger partial charge in [0.05, 0.1) is 15.5 Å². The van der Waals surface area contributed by atoms with E-state index in [-0.39, 0.29) is 21.4 Å². The number of carbonyl (C=O) groups excluding carboxylic acids is 1. The van der Waals surface area contributed by atoms with Crippen molar-refractivity contribution in [2.24, 2.45) is 0 Å². The monoisotopic (exact) mass is 460 g/mol. The summed E-state index contributed by atoms with van der Waals surface area (Å²) in [5.41, 5.74) is 0.207. The molecule has 2 fully saturated rings. The number of benzene rings is 1. The molecule has 0 atom stereocenters. The van der Waals surface area contributed by atoms with E-state index in [1.54, 1.807) is 11.8 Å². The summed E-state index contributed by atoms with van der Waals surface area (Å²) in [5.74, 6) is 1.24. The van der Waals surface area contributed by atoms with Crippen LogP contribution in [0.15, 0.2) is 23.1 Å². The summed E-state index contributed by atoms with van der Waals surface area (Å²) >= 11 is 7.93. The zero-order chi connectivity index (χ0) is 20.9. The molecule has 7 nitrogen and oxygen atoms in total. The summed E-state index contributed by atoms with van der Waals surface area (Å²) in [6.45, 7) is 6.67. The van der Waals surface area contributed by atoms with Gasteiger partial charge in [-0.3, -0.25) is 4.79 Å². The summed E-state index contributed by atoms with van der Waals surface area (Å²) in [4.78, 5) is 17.4. The molecule has 162 valence electrons. The van der Waals surface area contributed by atoms with Crippen LogP contribution in [0.3, 0.4) is 0 Å². The van der Waals surface area contributed by atoms with Crippen LogP contribution in [0.4, 0.5) is 0 Å². The summed E-state index contributed by atoms with van der Waals surface area (Å²) < 4.78 is 27.2. The molecule has 0 bridgehead atoms. The molecule has 0 aromatic heterocycles. The van der Waals surface area contributed by atoms with E-state index in [4.69, 9.17) is 11.6 Å². The molecule has 1 N–H and O–H groups in total. The molecule has 2 aliphatic heterocycles. The predicted octanol–water partition coefficient (Wildman–Crippen LogP) is 1.44. The van der Waals surface area contributed by atoms with Crippen molar-refractivity contribution in [3.63, 3.8) is 0 Å². The van der Waals surface area contributed by atoms with Crippen molar-refractivity contribution >= 4 is 39.3 Å². The Kier molecular flexibility index (Phi) is 8.23. The number of piperazine rings is 1. The number of hydrogen-bond acceptors (Lipinski definition) is 6. The molecule has 2 saturated heterocycles. The average molecular weight is 461 g/mol. The van der Waals surface area contributed by atoms with Gasteiger partial charge in [-0.2, -0.15) is 16.1 Å².